The molecule has 4 N–H and O–H groups in total. The number of fused-ring (bicyclic) bond motifs is 1. The van der Waals surface area contributed by atoms with Crippen LogP contribution in [-0.4, -0.2) is 205 Å². The third kappa shape index (κ3) is 19.1. The summed E-state index contributed by atoms with van der Waals surface area (Å²) in [4.78, 5) is 39.5. The van der Waals surface area contributed by atoms with Crippen molar-refractivity contribution in [2.45, 2.75) is 50.7 Å². The van der Waals surface area contributed by atoms with Crippen LogP contribution in [0, 0.1) is 0 Å². The standard InChI is InChI=1S/C41H62ClN8O17P/c1-57-41-44-38(33-25-43-50(39(33)45-41)40-37(53)36(52)35(67-40)29-66-30-68(54,55)56)48(26-31-5-2-3-6-34(31)42)7-11-59-14-17-62-21-22-64-23-24-65-28-32-27-49(47-46-32)8-12-60-15-18-63-20-19-61-16-13-58-10-4-9-51/h2-3,5-6,9,25,27,35-37,40,52-53H,4,7-8,10-24,26,28-30H2,1H3,(H2,54,55,56)/t35-,36-,37-,40-/m1/s1. The normalized spacial score (nSPS) is 17.4. The quantitative estimate of drug-likeness (QED) is 0.0274. The van der Waals surface area contributed by atoms with E-state index in [0.29, 0.717) is 147 Å². The fraction of sp³-hybridized carbons (Fsp3) is 0.659. The maximum absolute atomic E-state index is 11.2. The molecule has 1 aromatic carbocycles. The van der Waals surface area contributed by atoms with Crippen LogP contribution in [-0.2, 0) is 76.4 Å². The Bertz CT molecular complexity index is 2090. The van der Waals surface area contributed by atoms with Crippen molar-refractivity contribution in [2.24, 2.45) is 0 Å². The van der Waals surface area contributed by atoms with E-state index in [1.165, 1.54) is 18.0 Å². The summed E-state index contributed by atoms with van der Waals surface area (Å²) in [6.07, 6.45) is -1.65. The average Bonchev–Trinajstić information content (AvgIpc) is 4.04. The van der Waals surface area contributed by atoms with Crippen molar-refractivity contribution < 1.29 is 81.5 Å². The number of aldehydes is 1. The van der Waals surface area contributed by atoms with Crippen molar-refractivity contribution in [3.63, 3.8) is 0 Å². The third-order valence-corrected chi connectivity index (χ3v) is 10.6. The molecule has 4 atom stereocenters. The summed E-state index contributed by atoms with van der Waals surface area (Å²) in [5.41, 5.74) is 1.73. The number of ether oxygens (including phenoxy) is 11. The molecule has 1 fully saturated rings. The smallest absolute Gasteiger partial charge is 0.350 e. The number of hydrogen-bond donors (Lipinski definition) is 4. The molecule has 5 rings (SSSR count). The molecule has 0 saturated carbocycles. The molecule has 0 aliphatic carbocycles. The highest BCUT2D eigenvalue weighted by molar-refractivity contribution is 7.51. The van der Waals surface area contributed by atoms with Crippen molar-refractivity contribution in [1.29, 1.82) is 0 Å². The Labute approximate surface area is 397 Å². The Morgan fingerprint density at radius 1 is 0.809 bits per heavy atom. The Kier molecular flexibility index (Phi) is 24.9. The molecule has 0 spiro atoms. The van der Waals surface area contributed by atoms with Gasteiger partial charge in [0, 0.05) is 24.5 Å². The van der Waals surface area contributed by atoms with Gasteiger partial charge in [0.2, 0.25) is 0 Å². The monoisotopic (exact) mass is 1000 g/mol. The summed E-state index contributed by atoms with van der Waals surface area (Å²) in [5, 5.41) is 35.3. The summed E-state index contributed by atoms with van der Waals surface area (Å²) in [6, 6.07) is 7.37. The number of rotatable bonds is 38. The van der Waals surface area contributed by atoms with Gasteiger partial charge in [-0.1, -0.05) is 35.0 Å². The number of carbonyl (C=O) groups is 1. The molecular formula is C41H62ClN8O17P. The Balaban J connectivity index is 0.960. The van der Waals surface area contributed by atoms with Crippen LogP contribution < -0.4 is 9.64 Å². The second-order valence-electron chi connectivity index (χ2n) is 14.9. The fourth-order valence-corrected chi connectivity index (χ4v) is 6.97. The Morgan fingerprint density at radius 3 is 2.06 bits per heavy atom. The number of methoxy groups -OCH3 is 1. The van der Waals surface area contributed by atoms with Crippen LogP contribution in [0.15, 0.2) is 36.7 Å². The fourth-order valence-electron chi connectivity index (χ4n) is 6.44. The molecule has 1 aliphatic heterocycles. The van der Waals surface area contributed by atoms with Gasteiger partial charge in [-0.15, -0.1) is 5.10 Å². The number of benzene rings is 1. The van der Waals surface area contributed by atoms with E-state index in [0.717, 1.165) is 11.8 Å². The van der Waals surface area contributed by atoms with Crippen LogP contribution in [0.4, 0.5) is 5.82 Å². The van der Waals surface area contributed by atoms with Crippen LogP contribution in [0.1, 0.15) is 23.9 Å². The molecule has 0 amide bonds. The summed E-state index contributed by atoms with van der Waals surface area (Å²) < 4.78 is 75.1. The highest BCUT2D eigenvalue weighted by atomic mass is 35.5. The Morgan fingerprint density at radius 2 is 1.43 bits per heavy atom. The lowest BCUT2D eigenvalue weighted by Gasteiger charge is -2.25. The lowest BCUT2D eigenvalue weighted by molar-refractivity contribution is -0.109. The molecule has 0 bridgehead atoms. The summed E-state index contributed by atoms with van der Waals surface area (Å²) in [5.74, 6) is 0.422. The molecule has 3 aromatic heterocycles. The van der Waals surface area contributed by atoms with E-state index in [1.54, 1.807) is 16.9 Å². The van der Waals surface area contributed by atoms with E-state index in [1.807, 2.05) is 23.1 Å². The van der Waals surface area contributed by atoms with E-state index in [-0.39, 0.29) is 18.3 Å². The first kappa shape index (κ1) is 55.1. The maximum Gasteiger partial charge on any atom is 0.350 e. The van der Waals surface area contributed by atoms with E-state index in [2.05, 4.69) is 25.4 Å². The molecule has 1 saturated heterocycles. The van der Waals surface area contributed by atoms with Gasteiger partial charge in [0.15, 0.2) is 11.9 Å². The van der Waals surface area contributed by atoms with Gasteiger partial charge < -0.3 is 81.8 Å². The summed E-state index contributed by atoms with van der Waals surface area (Å²) in [7, 11) is -3.06. The van der Waals surface area contributed by atoms with E-state index in [9.17, 15) is 19.6 Å². The average molecular weight is 1010 g/mol. The first-order valence-electron chi connectivity index (χ1n) is 21.9. The van der Waals surface area contributed by atoms with Crippen molar-refractivity contribution >= 4 is 42.3 Å². The van der Waals surface area contributed by atoms with Crippen molar-refractivity contribution in [3.8, 4) is 6.01 Å². The van der Waals surface area contributed by atoms with Crippen molar-refractivity contribution in [2.75, 3.05) is 131 Å². The van der Waals surface area contributed by atoms with Crippen LogP contribution in [0.2, 0.25) is 5.02 Å². The maximum atomic E-state index is 11.2. The van der Waals surface area contributed by atoms with Gasteiger partial charge >= 0.3 is 13.6 Å². The first-order chi connectivity index (χ1) is 33.1. The minimum Gasteiger partial charge on any atom is -0.467 e. The van der Waals surface area contributed by atoms with E-state index in [4.69, 9.17) is 73.5 Å². The minimum absolute atomic E-state index is 0.00995. The van der Waals surface area contributed by atoms with Gasteiger partial charge in [-0.3, -0.25) is 4.57 Å². The zero-order valence-corrected chi connectivity index (χ0v) is 39.6. The zero-order valence-electron chi connectivity index (χ0n) is 37.9. The number of aliphatic hydroxyl groups is 2. The number of carbonyl (C=O) groups excluding carboxylic acids is 1. The summed E-state index contributed by atoms with van der Waals surface area (Å²) in [6.45, 7) is 7.08. The predicted molar refractivity (Wildman–Crippen MR) is 239 cm³/mol. The molecule has 27 heteroatoms. The number of anilines is 1. The zero-order chi connectivity index (χ0) is 48.4. The van der Waals surface area contributed by atoms with Crippen LogP contribution in [0.25, 0.3) is 11.0 Å². The van der Waals surface area contributed by atoms with Crippen LogP contribution >= 0.6 is 19.2 Å². The number of hydrogen-bond acceptors (Lipinski definition) is 21. The van der Waals surface area contributed by atoms with Gasteiger partial charge in [-0.25, -0.2) is 9.36 Å². The van der Waals surface area contributed by atoms with Gasteiger partial charge in [-0.05, 0) is 11.6 Å². The molecule has 4 heterocycles. The molecule has 25 nitrogen and oxygen atoms in total. The number of aliphatic hydroxyl groups excluding tert-OH is 2. The lowest BCUT2D eigenvalue weighted by Crippen LogP contribution is -2.34. The summed E-state index contributed by atoms with van der Waals surface area (Å²) >= 11 is 6.57. The highest BCUT2D eigenvalue weighted by Gasteiger charge is 2.45. The van der Waals surface area contributed by atoms with E-state index >= 15 is 0 Å². The number of aromatic nitrogens is 7. The molecule has 0 unspecified atom stereocenters. The molecule has 4 aromatic rings. The van der Waals surface area contributed by atoms with Crippen LogP contribution in [0.3, 0.4) is 0 Å². The second kappa shape index (κ2) is 30.7. The molecule has 0 radical (unpaired) electrons. The predicted octanol–water partition coefficient (Wildman–Crippen LogP) is 0.779. The molecule has 1 aliphatic rings. The van der Waals surface area contributed by atoms with Crippen molar-refractivity contribution in [3.05, 3.63) is 52.9 Å². The van der Waals surface area contributed by atoms with Crippen molar-refractivity contribution in [1.82, 2.24) is 34.7 Å². The highest BCUT2D eigenvalue weighted by Crippen LogP contribution is 2.37. The minimum atomic E-state index is -4.46. The molecule has 380 valence electrons. The van der Waals surface area contributed by atoms with Crippen LogP contribution in [0.5, 0.6) is 6.01 Å². The largest absolute Gasteiger partial charge is 0.467 e. The van der Waals surface area contributed by atoms with Gasteiger partial charge in [-0.2, -0.15) is 15.1 Å². The third-order valence-electron chi connectivity index (χ3n) is 9.75. The topological polar surface area (TPSA) is 294 Å². The van der Waals surface area contributed by atoms with E-state index < -0.39 is 45.1 Å². The van der Waals surface area contributed by atoms with Gasteiger partial charge in [0.1, 0.15) is 42.5 Å². The SMILES string of the molecule is COc1nc(N(CCOCCOCCOCCOCc2cn(CCOCCOCCOCCOCCC=O)nn2)Cc2ccccc2Cl)c2cnn([C@@H]3O[C@H](COCP(=O)(O)O)[C@@H](O)[C@H]3O)c2n1. The second-order valence-corrected chi connectivity index (χ2v) is 16.8. The number of nitrogens with zero attached hydrogens (tertiary/aromatic N) is 8. The van der Waals surface area contributed by atoms with Gasteiger partial charge in [0.05, 0.1) is 144 Å². The molecule has 68 heavy (non-hydrogen) atoms. The first-order valence-corrected chi connectivity index (χ1v) is 24.1. The number of halogens is 1. The van der Waals surface area contributed by atoms with Gasteiger partial charge in [0.25, 0.3) is 0 Å². The molecular weight excluding hydrogens is 943 g/mol. The lowest BCUT2D eigenvalue weighted by atomic mass is 10.1. The Hall–Kier alpha value is -3.86.